The van der Waals surface area contributed by atoms with Crippen molar-refractivity contribution in [2.45, 2.75) is 187 Å². The topological polar surface area (TPSA) is 108 Å². The Morgan fingerprint density at radius 3 is 1.54 bits per heavy atom. The fourth-order valence-electron chi connectivity index (χ4n) is 5.68. The molecule has 54 heavy (non-hydrogen) atoms. The van der Waals surface area contributed by atoms with Crippen molar-refractivity contribution in [3.63, 3.8) is 0 Å². The summed E-state index contributed by atoms with van der Waals surface area (Å²) in [4.78, 5) is 35.3. The van der Waals surface area contributed by atoms with Crippen molar-refractivity contribution >= 4 is 19.8 Å². The van der Waals surface area contributed by atoms with Crippen molar-refractivity contribution in [2.75, 3.05) is 47.5 Å². The summed E-state index contributed by atoms with van der Waals surface area (Å²) in [5, 5.41) is 0. The molecule has 1 N–H and O–H groups in total. The van der Waals surface area contributed by atoms with Crippen LogP contribution >= 0.6 is 7.82 Å². The first-order chi connectivity index (χ1) is 26.0. The minimum atomic E-state index is -4.38. The smallest absolute Gasteiger partial charge is 0.462 e. The molecule has 0 heterocycles. The van der Waals surface area contributed by atoms with Crippen LogP contribution in [0, 0.1) is 0 Å². The third-order valence-electron chi connectivity index (χ3n) is 9.14. The van der Waals surface area contributed by atoms with Gasteiger partial charge >= 0.3 is 19.8 Å². The molecule has 0 radical (unpaired) electrons. The van der Waals surface area contributed by atoms with E-state index in [4.69, 9.17) is 18.5 Å². The molecule has 316 valence electrons. The predicted octanol–water partition coefficient (Wildman–Crippen LogP) is 12.1. The van der Waals surface area contributed by atoms with Gasteiger partial charge in [0.05, 0.1) is 27.7 Å². The Hall–Kier alpha value is -1.77. The Balaban J connectivity index is 4.40. The molecule has 0 spiro atoms. The van der Waals surface area contributed by atoms with Crippen LogP contribution in [0.3, 0.4) is 0 Å². The summed E-state index contributed by atoms with van der Waals surface area (Å²) in [5.41, 5.74) is 0. The summed E-state index contributed by atoms with van der Waals surface area (Å²) in [6.45, 7) is 4.36. The first-order valence-electron chi connectivity index (χ1n) is 21.7. The Labute approximate surface area is 331 Å². The molecular weight excluding hydrogens is 701 g/mol. The number of phosphoric acid groups is 1. The number of hydrogen-bond donors (Lipinski definition) is 1. The minimum Gasteiger partial charge on any atom is -0.462 e. The van der Waals surface area contributed by atoms with Crippen molar-refractivity contribution in [2.24, 2.45) is 0 Å². The SMILES string of the molecule is CCCCC/C=C/C/C=C/CCCCCCCCCC(=O)O[C@H](COC(=O)CCCCC/C=C/CCCCCCCC)COP(=O)(O)OCC[N+](C)(C)C. The zero-order valence-electron chi connectivity index (χ0n) is 35.5. The van der Waals surface area contributed by atoms with Gasteiger partial charge in [-0.2, -0.15) is 0 Å². The fraction of sp³-hybridized carbons (Fsp3) is 0.818. The third kappa shape index (κ3) is 39.9. The van der Waals surface area contributed by atoms with Crippen LogP contribution in [-0.4, -0.2) is 74.9 Å². The Kier molecular flexibility index (Phi) is 35.6. The molecule has 2 atom stereocenters. The minimum absolute atomic E-state index is 0.0276. The molecule has 0 bridgehead atoms. The zero-order valence-corrected chi connectivity index (χ0v) is 36.3. The third-order valence-corrected chi connectivity index (χ3v) is 10.1. The molecule has 10 heteroatoms. The van der Waals surface area contributed by atoms with Crippen molar-refractivity contribution in [1.29, 1.82) is 0 Å². The monoisotopic (exact) mass is 785 g/mol. The summed E-state index contributed by atoms with van der Waals surface area (Å²) >= 11 is 0. The number of phosphoric ester groups is 1. The largest absolute Gasteiger partial charge is 0.472 e. The molecule has 9 nitrogen and oxygen atoms in total. The number of hydrogen-bond acceptors (Lipinski definition) is 7. The quantitative estimate of drug-likeness (QED) is 0.0216. The van der Waals surface area contributed by atoms with Crippen LogP contribution in [0.4, 0.5) is 0 Å². The van der Waals surface area contributed by atoms with Gasteiger partial charge in [0.15, 0.2) is 6.10 Å². The maximum absolute atomic E-state index is 12.7. The van der Waals surface area contributed by atoms with Gasteiger partial charge in [0.25, 0.3) is 0 Å². The fourth-order valence-corrected chi connectivity index (χ4v) is 6.43. The molecular formula is C44H83NO8P+. The Morgan fingerprint density at radius 2 is 1.00 bits per heavy atom. The van der Waals surface area contributed by atoms with Crippen LogP contribution in [0.25, 0.3) is 0 Å². The van der Waals surface area contributed by atoms with Gasteiger partial charge in [-0.15, -0.1) is 0 Å². The van der Waals surface area contributed by atoms with Crippen LogP contribution in [0.2, 0.25) is 0 Å². The molecule has 0 aliphatic carbocycles. The number of unbranched alkanes of at least 4 members (excludes halogenated alkanes) is 19. The number of carbonyl (C=O) groups excluding carboxylic acids is 2. The van der Waals surface area contributed by atoms with Crippen molar-refractivity contribution in [3.05, 3.63) is 36.5 Å². The Bertz CT molecular complexity index is 1020. The van der Waals surface area contributed by atoms with Gasteiger partial charge in [0.2, 0.25) is 0 Å². The van der Waals surface area contributed by atoms with E-state index in [0.29, 0.717) is 23.9 Å². The van der Waals surface area contributed by atoms with Crippen LogP contribution < -0.4 is 0 Å². The lowest BCUT2D eigenvalue weighted by atomic mass is 10.1. The van der Waals surface area contributed by atoms with E-state index in [1.807, 2.05) is 21.1 Å². The number of esters is 2. The highest BCUT2D eigenvalue weighted by atomic mass is 31.2. The first kappa shape index (κ1) is 52.2. The van der Waals surface area contributed by atoms with Gasteiger partial charge < -0.3 is 18.9 Å². The highest BCUT2D eigenvalue weighted by Gasteiger charge is 2.27. The number of likely N-dealkylation sites (N-methyl/N-ethyl adjacent to an activating group) is 1. The molecule has 0 aliphatic rings. The summed E-state index contributed by atoms with van der Waals surface area (Å²) in [6, 6.07) is 0. The van der Waals surface area contributed by atoms with E-state index >= 15 is 0 Å². The lowest BCUT2D eigenvalue weighted by Gasteiger charge is -2.24. The molecule has 0 aliphatic heterocycles. The zero-order chi connectivity index (χ0) is 40.0. The standard InChI is InChI=1S/C44H82NO8P/c1-6-8-10-12-14-16-18-20-21-22-23-25-27-29-31-33-35-37-44(47)53-42(41-52-54(48,49)51-39-38-45(3,4)5)40-50-43(46)36-34-32-30-28-26-24-19-17-15-13-11-9-7-2/h14,16,20-21,24,26,42H,6-13,15,17-19,22-23,25,27-41H2,1-5H3/p+1/b16-14+,21-20+,26-24+/t42-/m1/s1. The van der Waals surface area contributed by atoms with Gasteiger partial charge in [0, 0.05) is 12.8 Å². The number of ether oxygens (including phenoxy) is 2. The van der Waals surface area contributed by atoms with E-state index in [0.717, 1.165) is 57.8 Å². The van der Waals surface area contributed by atoms with Crippen molar-refractivity contribution in [3.8, 4) is 0 Å². The number of carbonyl (C=O) groups is 2. The van der Waals surface area contributed by atoms with Gasteiger partial charge in [-0.25, -0.2) is 4.57 Å². The molecule has 0 aromatic heterocycles. The maximum Gasteiger partial charge on any atom is 0.472 e. The second kappa shape index (κ2) is 36.8. The predicted molar refractivity (Wildman–Crippen MR) is 224 cm³/mol. The lowest BCUT2D eigenvalue weighted by Crippen LogP contribution is -2.37. The molecule has 1 unspecified atom stereocenters. The van der Waals surface area contributed by atoms with Crippen molar-refractivity contribution in [1.82, 2.24) is 0 Å². The van der Waals surface area contributed by atoms with Crippen LogP contribution in [0.1, 0.15) is 181 Å². The molecule has 0 fully saturated rings. The maximum atomic E-state index is 12.7. The first-order valence-corrected chi connectivity index (χ1v) is 23.2. The summed E-state index contributed by atoms with van der Waals surface area (Å²) < 4.78 is 34.3. The van der Waals surface area contributed by atoms with E-state index < -0.39 is 26.5 Å². The number of nitrogens with zero attached hydrogens (tertiary/aromatic N) is 1. The van der Waals surface area contributed by atoms with Crippen LogP contribution in [0.5, 0.6) is 0 Å². The average Bonchev–Trinajstić information content (AvgIpc) is 3.12. The van der Waals surface area contributed by atoms with E-state index in [9.17, 15) is 19.0 Å². The van der Waals surface area contributed by atoms with E-state index in [2.05, 4.69) is 50.3 Å². The highest BCUT2D eigenvalue weighted by Crippen LogP contribution is 2.43. The molecule has 0 amide bonds. The number of rotatable bonds is 39. The summed E-state index contributed by atoms with van der Waals surface area (Å²) in [7, 11) is 1.46. The van der Waals surface area contributed by atoms with Gasteiger partial charge in [-0.3, -0.25) is 18.6 Å². The molecule has 0 saturated heterocycles. The van der Waals surface area contributed by atoms with Crippen LogP contribution in [-0.2, 0) is 32.7 Å². The van der Waals surface area contributed by atoms with E-state index in [1.54, 1.807) is 0 Å². The molecule has 0 rings (SSSR count). The van der Waals surface area contributed by atoms with Gasteiger partial charge in [-0.1, -0.05) is 134 Å². The summed E-state index contributed by atoms with van der Waals surface area (Å²) in [6.07, 6.45) is 40.4. The van der Waals surface area contributed by atoms with Gasteiger partial charge in [-0.05, 0) is 70.6 Å². The highest BCUT2D eigenvalue weighted by molar-refractivity contribution is 7.47. The van der Waals surface area contributed by atoms with E-state index in [1.165, 1.54) is 83.5 Å². The normalized spacial score (nSPS) is 14.0. The van der Waals surface area contributed by atoms with E-state index in [-0.39, 0.29) is 32.0 Å². The summed E-state index contributed by atoms with van der Waals surface area (Å²) in [5.74, 6) is -0.826. The average molecular weight is 785 g/mol. The van der Waals surface area contributed by atoms with Gasteiger partial charge in [0.1, 0.15) is 19.8 Å². The molecule has 0 aromatic carbocycles. The second-order valence-corrected chi connectivity index (χ2v) is 17.2. The van der Waals surface area contributed by atoms with Crippen LogP contribution in [0.15, 0.2) is 36.5 Å². The lowest BCUT2D eigenvalue weighted by molar-refractivity contribution is -0.870. The number of allylic oxidation sites excluding steroid dienone is 6. The second-order valence-electron chi connectivity index (χ2n) is 15.7. The number of quaternary nitrogens is 1. The van der Waals surface area contributed by atoms with Crippen molar-refractivity contribution < 1.29 is 42.1 Å². The molecule has 0 saturated carbocycles. The Morgan fingerprint density at radius 1 is 0.574 bits per heavy atom. The molecule has 0 aromatic rings.